The maximum absolute atomic E-state index is 11.7. The molecule has 1 fully saturated rings. The highest BCUT2D eigenvalue weighted by Crippen LogP contribution is 2.29. The summed E-state index contributed by atoms with van der Waals surface area (Å²) < 4.78 is 0. The summed E-state index contributed by atoms with van der Waals surface area (Å²) in [6.07, 6.45) is 1.64. The molecule has 19 heavy (non-hydrogen) atoms. The molecule has 1 aliphatic heterocycles. The number of aromatic nitrogens is 1. The van der Waals surface area contributed by atoms with Crippen molar-refractivity contribution in [2.45, 2.75) is 19.4 Å². The summed E-state index contributed by atoms with van der Waals surface area (Å²) in [7, 11) is 2.04. The van der Waals surface area contributed by atoms with E-state index in [4.69, 9.17) is 0 Å². The highest BCUT2D eigenvalue weighted by molar-refractivity contribution is 5.78. The first-order chi connectivity index (χ1) is 8.96. The van der Waals surface area contributed by atoms with Gasteiger partial charge < -0.3 is 14.8 Å². The van der Waals surface area contributed by atoms with Crippen LogP contribution in [0.15, 0.2) is 18.3 Å². The van der Waals surface area contributed by atoms with Gasteiger partial charge in [-0.2, -0.15) is 0 Å². The minimum absolute atomic E-state index is 0.583. The zero-order chi connectivity index (χ0) is 14.0. The number of pyridine rings is 1. The van der Waals surface area contributed by atoms with E-state index < -0.39 is 11.5 Å². The largest absolute Gasteiger partial charge is 0.548 e. The first kappa shape index (κ1) is 14.0. The molecule has 0 amide bonds. The molecule has 0 spiro atoms. The standard InChI is InChI=1S/C14H21N3O2/c1-11-5-4-6-15-12(11)14(2,13(18)19)17-9-7-16(3)8-10-17/h4-6H,7-10H2,1-3H3,(H,18,19)/p-1. The number of aryl methyl sites for hydroxylation is 1. The molecule has 1 aromatic rings. The normalized spacial score (nSPS) is 21.0. The molecule has 1 aromatic heterocycles. The van der Waals surface area contributed by atoms with Gasteiger partial charge in [0.2, 0.25) is 0 Å². The van der Waals surface area contributed by atoms with E-state index >= 15 is 0 Å². The summed E-state index contributed by atoms with van der Waals surface area (Å²) in [6, 6.07) is 3.71. The predicted molar refractivity (Wildman–Crippen MR) is 70.4 cm³/mol. The number of hydrogen-bond donors (Lipinski definition) is 0. The van der Waals surface area contributed by atoms with Crippen LogP contribution in [0.5, 0.6) is 0 Å². The van der Waals surface area contributed by atoms with E-state index in [1.54, 1.807) is 13.1 Å². The van der Waals surface area contributed by atoms with Gasteiger partial charge in [0.1, 0.15) is 5.54 Å². The average molecular weight is 262 g/mol. The van der Waals surface area contributed by atoms with Crippen LogP contribution in [0.4, 0.5) is 0 Å². The smallest absolute Gasteiger partial charge is 0.101 e. The number of carbonyl (C=O) groups is 1. The van der Waals surface area contributed by atoms with Crippen molar-refractivity contribution >= 4 is 5.97 Å². The van der Waals surface area contributed by atoms with E-state index in [0.29, 0.717) is 18.8 Å². The minimum Gasteiger partial charge on any atom is -0.548 e. The lowest BCUT2D eigenvalue weighted by molar-refractivity contribution is -0.320. The van der Waals surface area contributed by atoms with Crippen LogP contribution in [0.25, 0.3) is 0 Å². The Kier molecular flexibility index (Phi) is 3.87. The van der Waals surface area contributed by atoms with E-state index in [0.717, 1.165) is 18.7 Å². The highest BCUT2D eigenvalue weighted by atomic mass is 16.4. The lowest BCUT2D eigenvalue weighted by Crippen LogP contribution is -2.61. The van der Waals surface area contributed by atoms with Crippen LogP contribution in [0.2, 0.25) is 0 Å². The Morgan fingerprint density at radius 3 is 2.53 bits per heavy atom. The molecule has 104 valence electrons. The number of carboxylic acid groups (broad SMARTS) is 1. The number of rotatable bonds is 3. The number of aliphatic carboxylic acids is 1. The molecule has 0 N–H and O–H groups in total. The molecule has 5 nitrogen and oxygen atoms in total. The number of likely N-dealkylation sites (N-methyl/N-ethyl adjacent to an activating group) is 1. The third-order valence-corrected chi connectivity index (χ3v) is 4.00. The molecule has 1 saturated heterocycles. The molecule has 0 aliphatic carbocycles. The fourth-order valence-electron chi connectivity index (χ4n) is 2.62. The van der Waals surface area contributed by atoms with Crippen molar-refractivity contribution in [2.75, 3.05) is 33.2 Å². The van der Waals surface area contributed by atoms with E-state index in [-0.39, 0.29) is 0 Å². The summed E-state index contributed by atoms with van der Waals surface area (Å²) in [5.41, 5.74) is 0.305. The first-order valence-electron chi connectivity index (χ1n) is 6.53. The van der Waals surface area contributed by atoms with Crippen molar-refractivity contribution in [1.82, 2.24) is 14.8 Å². The van der Waals surface area contributed by atoms with Gasteiger partial charge in [0.15, 0.2) is 0 Å². The van der Waals surface area contributed by atoms with Gasteiger partial charge in [-0.25, -0.2) is 0 Å². The van der Waals surface area contributed by atoms with Crippen LogP contribution in [0, 0.1) is 6.92 Å². The van der Waals surface area contributed by atoms with Crippen LogP contribution in [0.1, 0.15) is 18.2 Å². The number of carbonyl (C=O) groups excluding carboxylic acids is 1. The Hall–Kier alpha value is -1.46. The molecule has 1 unspecified atom stereocenters. The van der Waals surface area contributed by atoms with Crippen LogP contribution in [0.3, 0.4) is 0 Å². The Morgan fingerprint density at radius 1 is 1.37 bits per heavy atom. The maximum atomic E-state index is 11.7. The number of hydrogen-bond acceptors (Lipinski definition) is 5. The fourth-order valence-corrected chi connectivity index (χ4v) is 2.62. The Morgan fingerprint density at radius 2 is 2.00 bits per heavy atom. The van der Waals surface area contributed by atoms with Crippen molar-refractivity contribution in [3.63, 3.8) is 0 Å². The van der Waals surface area contributed by atoms with Gasteiger partial charge in [-0.15, -0.1) is 0 Å². The highest BCUT2D eigenvalue weighted by Gasteiger charge is 2.38. The van der Waals surface area contributed by atoms with E-state index in [9.17, 15) is 9.90 Å². The zero-order valence-electron chi connectivity index (χ0n) is 11.7. The van der Waals surface area contributed by atoms with Gasteiger partial charge in [-0.1, -0.05) is 6.07 Å². The fraction of sp³-hybridized carbons (Fsp3) is 0.571. The number of piperazine rings is 1. The monoisotopic (exact) mass is 262 g/mol. The maximum Gasteiger partial charge on any atom is 0.101 e. The topological polar surface area (TPSA) is 59.5 Å². The quantitative estimate of drug-likeness (QED) is 0.742. The third-order valence-electron chi connectivity index (χ3n) is 4.00. The molecule has 2 rings (SSSR count). The van der Waals surface area contributed by atoms with Crippen LogP contribution < -0.4 is 5.11 Å². The van der Waals surface area contributed by atoms with Gasteiger partial charge in [0.25, 0.3) is 0 Å². The molecule has 2 heterocycles. The lowest BCUT2D eigenvalue weighted by atomic mass is 9.91. The molecule has 0 radical (unpaired) electrons. The summed E-state index contributed by atoms with van der Waals surface area (Å²) >= 11 is 0. The summed E-state index contributed by atoms with van der Waals surface area (Å²) in [4.78, 5) is 20.2. The number of carboxylic acids is 1. The average Bonchev–Trinajstić information content (AvgIpc) is 2.39. The zero-order valence-corrected chi connectivity index (χ0v) is 11.7. The van der Waals surface area contributed by atoms with E-state index in [1.807, 2.05) is 31.0 Å². The van der Waals surface area contributed by atoms with Crippen molar-refractivity contribution in [2.24, 2.45) is 0 Å². The summed E-state index contributed by atoms with van der Waals surface area (Å²) in [5.74, 6) is -1.08. The molecule has 0 saturated carbocycles. The van der Waals surface area contributed by atoms with Gasteiger partial charge in [-0.3, -0.25) is 9.88 Å². The Labute approximate surface area is 113 Å². The SMILES string of the molecule is Cc1cccnc1C(C)(C(=O)[O-])N1CCN(C)CC1. The van der Waals surface area contributed by atoms with Crippen molar-refractivity contribution in [1.29, 1.82) is 0 Å². The third kappa shape index (κ3) is 2.48. The first-order valence-corrected chi connectivity index (χ1v) is 6.53. The van der Waals surface area contributed by atoms with Gasteiger partial charge in [0.05, 0.1) is 11.7 Å². The second kappa shape index (κ2) is 5.27. The van der Waals surface area contributed by atoms with E-state index in [2.05, 4.69) is 9.88 Å². The van der Waals surface area contributed by atoms with Crippen LogP contribution in [-0.4, -0.2) is 54.0 Å². The predicted octanol–water partition coefficient (Wildman–Crippen LogP) is -0.397. The van der Waals surface area contributed by atoms with Crippen molar-refractivity contribution < 1.29 is 9.90 Å². The summed E-state index contributed by atoms with van der Waals surface area (Å²) in [6.45, 7) is 6.71. The van der Waals surface area contributed by atoms with Crippen LogP contribution in [-0.2, 0) is 10.3 Å². The molecule has 1 aliphatic rings. The van der Waals surface area contributed by atoms with Gasteiger partial charge >= 0.3 is 0 Å². The molecule has 0 aromatic carbocycles. The van der Waals surface area contributed by atoms with Crippen molar-refractivity contribution in [3.8, 4) is 0 Å². The number of nitrogens with zero attached hydrogens (tertiary/aromatic N) is 3. The molecular formula is C14H20N3O2-. The molecule has 5 heteroatoms. The molecular weight excluding hydrogens is 242 g/mol. The van der Waals surface area contributed by atoms with Gasteiger partial charge in [0, 0.05) is 32.4 Å². The molecule has 0 bridgehead atoms. The Balaban J connectivity index is 2.38. The van der Waals surface area contributed by atoms with Gasteiger partial charge in [-0.05, 0) is 32.5 Å². The van der Waals surface area contributed by atoms with E-state index in [1.165, 1.54) is 0 Å². The summed E-state index contributed by atoms with van der Waals surface area (Å²) in [5, 5.41) is 11.7. The minimum atomic E-state index is -1.16. The Bertz CT molecular complexity index is 470. The second-order valence-electron chi connectivity index (χ2n) is 5.32. The van der Waals surface area contributed by atoms with Crippen LogP contribution >= 0.6 is 0 Å². The molecule has 1 atom stereocenters. The van der Waals surface area contributed by atoms with Crippen molar-refractivity contribution in [3.05, 3.63) is 29.6 Å². The lowest BCUT2D eigenvalue weighted by Gasteiger charge is -2.45. The second-order valence-corrected chi connectivity index (χ2v) is 5.32.